The van der Waals surface area contributed by atoms with Crippen molar-refractivity contribution in [2.75, 3.05) is 0 Å². The number of allylic oxidation sites excluding steroid dienone is 2. The third kappa shape index (κ3) is 0.571. The zero-order valence-electron chi connectivity index (χ0n) is 8.80. The van der Waals surface area contributed by atoms with Gasteiger partial charge in [-0.3, -0.25) is 0 Å². The maximum atomic E-state index is 9.21. The van der Waals surface area contributed by atoms with E-state index in [0.717, 1.165) is 41.1 Å². The molecular weight excluding hydrogens is 194 g/mol. The summed E-state index contributed by atoms with van der Waals surface area (Å²) in [6.07, 6.45) is 4.80. The van der Waals surface area contributed by atoms with Crippen LogP contribution in [0.15, 0.2) is 30.4 Å². The second-order valence-corrected chi connectivity index (χ2v) is 5.67. The van der Waals surface area contributed by atoms with Crippen molar-refractivity contribution in [3.8, 4) is 6.07 Å². The van der Waals surface area contributed by atoms with Crippen LogP contribution < -0.4 is 0 Å². The molecule has 1 heteroatoms. The van der Waals surface area contributed by atoms with Gasteiger partial charge in [-0.05, 0) is 52.7 Å². The lowest BCUT2D eigenvalue weighted by Crippen LogP contribution is -2.19. The predicted octanol–water partition coefficient (Wildman–Crippen LogP) is 2.80. The van der Waals surface area contributed by atoms with Crippen LogP contribution in [-0.2, 0) is 0 Å². The molecule has 0 N–H and O–H groups in total. The number of fused-ring (bicyclic) bond motifs is 7. The summed E-state index contributed by atoms with van der Waals surface area (Å²) in [5.41, 5.74) is 3.86. The third-order valence-corrected chi connectivity index (χ3v) is 5.36. The number of hydrogen-bond acceptors (Lipinski definition) is 1. The second-order valence-electron chi connectivity index (χ2n) is 5.67. The van der Waals surface area contributed by atoms with E-state index >= 15 is 0 Å². The summed E-state index contributed by atoms with van der Waals surface area (Å²) in [7, 11) is 0. The normalized spacial score (nSPS) is 47.7. The number of nitrogens with zero attached hydrogens (tertiary/aromatic N) is 1. The van der Waals surface area contributed by atoms with Crippen LogP contribution in [-0.4, -0.2) is 0 Å². The third-order valence-electron chi connectivity index (χ3n) is 5.36. The van der Waals surface area contributed by atoms with E-state index < -0.39 is 0 Å². The molecule has 0 aromatic heterocycles. The summed E-state index contributed by atoms with van der Waals surface area (Å²) in [5, 5.41) is 9.21. The molecule has 0 amide bonds. The summed E-state index contributed by atoms with van der Waals surface area (Å²) in [5.74, 6) is 4.92. The highest BCUT2D eigenvalue weighted by atomic mass is 14.7. The molecule has 0 heterocycles. The van der Waals surface area contributed by atoms with Crippen molar-refractivity contribution >= 4 is 0 Å². The Bertz CT molecular complexity index is 592. The van der Waals surface area contributed by atoms with E-state index in [2.05, 4.69) is 30.4 Å². The molecule has 1 aromatic carbocycles. The van der Waals surface area contributed by atoms with Crippen molar-refractivity contribution < 1.29 is 0 Å². The Balaban J connectivity index is 1.80. The smallest absolute Gasteiger partial charge is 0.0994 e. The second kappa shape index (κ2) is 2.11. The lowest BCUT2D eigenvalue weighted by molar-refractivity contribution is 0.398. The van der Waals surface area contributed by atoms with Gasteiger partial charge in [0.1, 0.15) is 0 Å². The van der Waals surface area contributed by atoms with Gasteiger partial charge < -0.3 is 0 Å². The lowest BCUT2D eigenvalue weighted by atomic mass is 9.76. The first kappa shape index (κ1) is 7.68. The minimum absolute atomic E-state index is 0.738. The van der Waals surface area contributed by atoms with Crippen molar-refractivity contribution in [1.82, 2.24) is 0 Å². The van der Waals surface area contributed by atoms with Crippen LogP contribution in [0.3, 0.4) is 0 Å². The van der Waals surface area contributed by atoms with Crippen LogP contribution in [0.4, 0.5) is 0 Å². The quantitative estimate of drug-likeness (QED) is 0.597. The molecule has 0 radical (unpaired) electrons. The van der Waals surface area contributed by atoms with Crippen LogP contribution in [0.25, 0.3) is 0 Å². The maximum Gasteiger partial charge on any atom is 0.0994 e. The molecule has 1 aromatic rings. The molecule has 0 aliphatic heterocycles. The molecular formula is C15H11N. The summed E-state index contributed by atoms with van der Waals surface area (Å²) in [4.78, 5) is 0. The van der Waals surface area contributed by atoms with Crippen molar-refractivity contribution in [2.45, 2.75) is 11.8 Å². The molecule has 4 aliphatic carbocycles. The first-order valence-electron chi connectivity index (χ1n) is 6.13. The van der Waals surface area contributed by atoms with Gasteiger partial charge in [-0.1, -0.05) is 24.3 Å². The molecule has 0 spiro atoms. The highest BCUT2D eigenvalue weighted by Crippen LogP contribution is 2.80. The molecule has 1 nitrogen and oxygen atoms in total. The molecule has 6 atom stereocenters. The van der Waals surface area contributed by atoms with Gasteiger partial charge in [0.25, 0.3) is 0 Å². The number of nitriles is 1. The van der Waals surface area contributed by atoms with Gasteiger partial charge in [-0.25, -0.2) is 0 Å². The Morgan fingerprint density at radius 2 is 1.88 bits per heavy atom. The van der Waals surface area contributed by atoms with Gasteiger partial charge in [-0.2, -0.15) is 5.26 Å². The average Bonchev–Trinajstić information content (AvgIpc) is 2.80. The SMILES string of the molecule is N#Cc1cccc2c1[C@H]1[C@H]3[C@H]2[C@H]2C=C[C@H]2[C@@H]13. The van der Waals surface area contributed by atoms with E-state index in [4.69, 9.17) is 0 Å². The minimum atomic E-state index is 0.738. The largest absolute Gasteiger partial charge is 0.192 e. The standard InChI is InChI=1S/C15H11N/c16-6-7-2-1-3-10-11(7)14-13-9-5-4-8(9)12(10)15(13)14/h1-5,8-9,12-15H/t8-,9+,12-,13-,14+,15-/m0/s1. The fourth-order valence-corrected chi connectivity index (χ4v) is 4.83. The van der Waals surface area contributed by atoms with Crippen molar-refractivity contribution in [1.29, 1.82) is 5.26 Å². The Morgan fingerprint density at radius 1 is 1.00 bits per heavy atom. The monoisotopic (exact) mass is 205 g/mol. The predicted molar refractivity (Wildman–Crippen MR) is 59.7 cm³/mol. The van der Waals surface area contributed by atoms with Crippen LogP contribution in [0, 0.1) is 35.0 Å². The highest BCUT2D eigenvalue weighted by Gasteiger charge is 2.72. The van der Waals surface area contributed by atoms with Gasteiger partial charge in [0.2, 0.25) is 0 Å². The van der Waals surface area contributed by atoms with E-state index in [0.29, 0.717) is 0 Å². The van der Waals surface area contributed by atoms with Crippen LogP contribution in [0.5, 0.6) is 0 Å². The Labute approximate surface area is 94.4 Å². The van der Waals surface area contributed by atoms with Crippen molar-refractivity contribution in [3.63, 3.8) is 0 Å². The minimum Gasteiger partial charge on any atom is -0.192 e. The van der Waals surface area contributed by atoms with E-state index in [1.807, 2.05) is 6.07 Å². The fourth-order valence-electron chi connectivity index (χ4n) is 4.83. The van der Waals surface area contributed by atoms with Crippen molar-refractivity contribution in [2.24, 2.45) is 23.7 Å². The van der Waals surface area contributed by atoms with Crippen LogP contribution in [0.2, 0.25) is 0 Å². The molecule has 4 aliphatic rings. The Morgan fingerprint density at radius 3 is 2.62 bits per heavy atom. The first-order valence-corrected chi connectivity index (χ1v) is 6.13. The van der Waals surface area contributed by atoms with E-state index in [1.165, 1.54) is 11.1 Å². The van der Waals surface area contributed by atoms with E-state index in [-0.39, 0.29) is 0 Å². The highest BCUT2D eigenvalue weighted by molar-refractivity contribution is 5.59. The Kier molecular flexibility index (Phi) is 1.01. The lowest BCUT2D eigenvalue weighted by Gasteiger charge is -2.28. The number of hydrogen-bond donors (Lipinski definition) is 0. The fraction of sp³-hybridized carbons (Fsp3) is 0.400. The molecule has 0 saturated heterocycles. The van der Waals surface area contributed by atoms with Gasteiger partial charge in [0.05, 0.1) is 11.6 Å². The van der Waals surface area contributed by atoms with E-state index in [1.54, 1.807) is 0 Å². The zero-order valence-corrected chi connectivity index (χ0v) is 8.80. The van der Waals surface area contributed by atoms with Crippen LogP contribution >= 0.6 is 0 Å². The molecule has 0 bridgehead atoms. The molecule has 5 rings (SSSR count). The van der Waals surface area contributed by atoms with Gasteiger partial charge in [-0.15, -0.1) is 0 Å². The molecule has 2 fully saturated rings. The van der Waals surface area contributed by atoms with Crippen LogP contribution in [0.1, 0.15) is 28.5 Å². The summed E-state index contributed by atoms with van der Waals surface area (Å²) >= 11 is 0. The summed E-state index contributed by atoms with van der Waals surface area (Å²) in [6.45, 7) is 0. The summed E-state index contributed by atoms with van der Waals surface area (Å²) < 4.78 is 0. The zero-order chi connectivity index (χ0) is 10.4. The van der Waals surface area contributed by atoms with E-state index in [9.17, 15) is 5.26 Å². The molecule has 16 heavy (non-hydrogen) atoms. The molecule has 2 saturated carbocycles. The topological polar surface area (TPSA) is 23.8 Å². The summed E-state index contributed by atoms with van der Waals surface area (Å²) in [6, 6.07) is 8.70. The molecule has 76 valence electrons. The number of rotatable bonds is 0. The molecule has 0 unspecified atom stereocenters. The Hall–Kier alpha value is -1.55. The average molecular weight is 205 g/mol. The maximum absolute atomic E-state index is 9.21. The first-order chi connectivity index (χ1) is 7.92. The number of benzene rings is 1. The van der Waals surface area contributed by atoms with Gasteiger partial charge >= 0.3 is 0 Å². The van der Waals surface area contributed by atoms with Crippen molar-refractivity contribution in [3.05, 3.63) is 47.0 Å². The van der Waals surface area contributed by atoms with Gasteiger partial charge in [0.15, 0.2) is 0 Å². The van der Waals surface area contributed by atoms with Gasteiger partial charge in [0, 0.05) is 0 Å².